The van der Waals surface area contributed by atoms with Crippen LogP contribution in [-0.2, 0) is 13.9 Å². The van der Waals surface area contributed by atoms with Gasteiger partial charge in [-0.2, -0.15) is 0 Å². The summed E-state index contributed by atoms with van der Waals surface area (Å²) in [5, 5.41) is 0.241. The number of ether oxygens (including phenoxy) is 2. The van der Waals surface area contributed by atoms with Gasteiger partial charge >= 0.3 is 0 Å². The molecule has 0 aliphatic carbocycles. The van der Waals surface area contributed by atoms with Crippen molar-refractivity contribution in [3.63, 3.8) is 0 Å². The second-order valence-corrected chi connectivity index (χ2v) is 21.3. The first-order valence-corrected chi connectivity index (χ1v) is 16.2. The normalized spacial score (nSPS) is 22.8. The van der Waals surface area contributed by atoms with E-state index in [1.807, 2.05) is 13.8 Å². The first kappa shape index (κ1) is 25.5. The summed E-state index contributed by atoms with van der Waals surface area (Å²) in [6.45, 7) is 26.8. The largest absolute Gasteiger partial charge is 0.398 e. The summed E-state index contributed by atoms with van der Waals surface area (Å²) in [7, 11) is -3.87. The molecular weight excluding hydrogens is 380 g/mol. The van der Waals surface area contributed by atoms with Crippen molar-refractivity contribution in [1.29, 1.82) is 0 Å². The molecule has 0 amide bonds. The fourth-order valence-corrected chi connectivity index (χ4v) is 4.88. The van der Waals surface area contributed by atoms with Crippen LogP contribution in [-0.4, -0.2) is 40.5 Å². The monoisotopic (exact) mass is 422 g/mol. The van der Waals surface area contributed by atoms with Gasteiger partial charge in [0, 0.05) is 0 Å². The van der Waals surface area contributed by atoms with Crippen LogP contribution in [0.25, 0.3) is 0 Å². The van der Waals surface area contributed by atoms with Crippen molar-refractivity contribution < 1.29 is 13.9 Å². The Hall–Kier alpha value is -0.566. The topological polar surface area (TPSA) is 27.7 Å². The van der Waals surface area contributed by atoms with Crippen LogP contribution in [0.5, 0.6) is 0 Å². The Bertz CT molecular complexity index is 663. The molecule has 3 nitrogen and oxygen atoms in total. The molecule has 0 bridgehead atoms. The molecule has 0 radical (unpaired) electrons. The van der Waals surface area contributed by atoms with Crippen molar-refractivity contribution in [2.24, 2.45) is 0 Å². The summed E-state index contributed by atoms with van der Waals surface area (Å²) in [5.74, 6) is 5.75. The lowest BCUT2D eigenvalue weighted by Gasteiger charge is -2.44. The highest BCUT2D eigenvalue weighted by atomic mass is 28.4. The molecule has 0 saturated carbocycles. The SMILES string of the molecule is C#C[C@@](CC#C[Si](C)(C)C(C)(C)C)(O[Si](C)(C)C(C)(C)C)[C@H]1COC(C)(C)O1. The third-order valence-corrected chi connectivity index (χ3v) is 15.7. The lowest BCUT2D eigenvalue weighted by Crippen LogP contribution is -2.55. The Kier molecular flexibility index (Phi) is 7.21. The molecule has 1 aliphatic rings. The van der Waals surface area contributed by atoms with E-state index in [0.717, 1.165) is 0 Å². The lowest BCUT2D eigenvalue weighted by atomic mass is 9.94. The van der Waals surface area contributed by atoms with Gasteiger partial charge in [0.2, 0.25) is 0 Å². The van der Waals surface area contributed by atoms with Crippen LogP contribution in [0.15, 0.2) is 0 Å². The van der Waals surface area contributed by atoms with Crippen molar-refractivity contribution in [3.05, 3.63) is 0 Å². The molecule has 0 aromatic carbocycles. The average molecular weight is 423 g/mol. The molecule has 1 saturated heterocycles. The fourth-order valence-electron chi connectivity index (χ4n) is 2.50. The van der Waals surface area contributed by atoms with Crippen LogP contribution in [0.3, 0.4) is 0 Å². The number of hydrogen-bond donors (Lipinski definition) is 0. The molecular formula is C23H42O3Si2. The standard InChI is InChI=1S/C23H42O3Si2/c1-14-23(19-18-24-22(8,9)25-19,26-28(12,13)21(5,6)7)16-15-17-27(10,11)20(2,3)4/h1,19H,16,18H2,2-13H3/t19-,23+/m1/s1. The van der Waals surface area contributed by atoms with Crippen molar-refractivity contribution in [2.75, 3.05) is 6.61 Å². The molecule has 0 N–H and O–H groups in total. The van der Waals surface area contributed by atoms with E-state index in [4.69, 9.17) is 20.3 Å². The predicted molar refractivity (Wildman–Crippen MR) is 124 cm³/mol. The molecule has 1 heterocycles. The summed E-state index contributed by atoms with van der Waals surface area (Å²) in [6.07, 6.45) is 6.26. The van der Waals surface area contributed by atoms with E-state index in [9.17, 15) is 0 Å². The second-order valence-electron chi connectivity index (χ2n) is 11.6. The zero-order valence-electron chi connectivity index (χ0n) is 20.3. The zero-order valence-corrected chi connectivity index (χ0v) is 22.3. The van der Waals surface area contributed by atoms with Crippen LogP contribution in [0.4, 0.5) is 0 Å². The van der Waals surface area contributed by atoms with Gasteiger partial charge < -0.3 is 13.9 Å². The molecule has 2 atom stereocenters. The van der Waals surface area contributed by atoms with E-state index in [1.54, 1.807) is 0 Å². The second kappa shape index (κ2) is 7.93. The maximum Gasteiger partial charge on any atom is 0.194 e. The summed E-state index contributed by atoms with van der Waals surface area (Å²) in [4.78, 5) is 0. The number of hydrogen-bond acceptors (Lipinski definition) is 3. The molecule has 5 heteroatoms. The van der Waals surface area contributed by atoms with Crippen molar-refractivity contribution >= 4 is 16.4 Å². The first-order chi connectivity index (χ1) is 12.3. The van der Waals surface area contributed by atoms with Gasteiger partial charge in [0.15, 0.2) is 19.7 Å². The maximum atomic E-state index is 6.83. The van der Waals surface area contributed by atoms with Gasteiger partial charge in [-0.15, -0.1) is 17.9 Å². The van der Waals surface area contributed by atoms with Crippen LogP contribution < -0.4 is 0 Å². The molecule has 28 heavy (non-hydrogen) atoms. The molecule has 1 fully saturated rings. The third-order valence-electron chi connectivity index (χ3n) is 6.64. The fraction of sp³-hybridized carbons (Fsp3) is 0.826. The van der Waals surface area contributed by atoms with Gasteiger partial charge in [-0.3, -0.25) is 0 Å². The minimum Gasteiger partial charge on any atom is -0.398 e. The molecule has 0 spiro atoms. The Morgan fingerprint density at radius 3 is 1.93 bits per heavy atom. The van der Waals surface area contributed by atoms with E-state index >= 15 is 0 Å². The summed E-state index contributed by atoms with van der Waals surface area (Å²) < 4.78 is 18.9. The highest BCUT2D eigenvalue weighted by Crippen LogP contribution is 2.43. The van der Waals surface area contributed by atoms with Gasteiger partial charge in [-0.1, -0.05) is 60.6 Å². The Morgan fingerprint density at radius 2 is 1.57 bits per heavy atom. The zero-order chi connectivity index (χ0) is 22.2. The van der Waals surface area contributed by atoms with Gasteiger partial charge in [0.05, 0.1) is 13.0 Å². The van der Waals surface area contributed by atoms with Crippen LogP contribution in [0, 0.1) is 23.8 Å². The maximum absolute atomic E-state index is 6.83. The van der Waals surface area contributed by atoms with Crippen LogP contribution >= 0.6 is 0 Å². The summed E-state index contributed by atoms with van der Waals surface area (Å²) in [6, 6.07) is 0. The third kappa shape index (κ3) is 5.74. The highest BCUT2D eigenvalue weighted by Gasteiger charge is 2.52. The first-order valence-electron chi connectivity index (χ1n) is 10.3. The van der Waals surface area contributed by atoms with E-state index in [0.29, 0.717) is 13.0 Å². The average Bonchev–Trinajstić information content (AvgIpc) is 2.84. The van der Waals surface area contributed by atoms with Crippen LogP contribution in [0.1, 0.15) is 61.8 Å². The Labute approximate surface area is 176 Å². The molecule has 0 aromatic heterocycles. The minimum atomic E-state index is -2.14. The smallest absolute Gasteiger partial charge is 0.194 e. The van der Waals surface area contributed by atoms with Crippen molar-refractivity contribution in [2.45, 2.75) is 116 Å². The number of rotatable bonds is 4. The van der Waals surface area contributed by atoms with Gasteiger partial charge in [-0.25, -0.2) is 0 Å². The van der Waals surface area contributed by atoms with E-state index in [-0.39, 0.29) is 16.2 Å². The highest BCUT2D eigenvalue weighted by molar-refractivity contribution is 6.87. The minimum absolute atomic E-state index is 0.0386. The van der Waals surface area contributed by atoms with E-state index in [2.05, 4.69) is 85.1 Å². The summed E-state index contributed by atoms with van der Waals surface area (Å²) >= 11 is 0. The van der Waals surface area contributed by atoms with E-state index in [1.165, 1.54) is 0 Å². The Morgan fingerprint density at radius 1 is 1.04 bits per heavy atom. The molecule has 160 valence electrons. The molecule has 1 aliphatic heterocycles. The quantitative estimate of drug-likeness (QED) is 0.412. The Balaban J connectivity index is 3.32. The van der Waals surface area contributed by atoms with E-state index < -0.39 is 27.8 Å². The van der Waals surface area contributed by atoms with Crippen LogP contribution in [0.2, 0.25) is 36.3 Å². The number of terminal acetylenes is 1. The lowest BCUT2D eigenvalue weighted by molar-refractivity contribution is -0.157. The predicted octanol–water partition coefficient (Wildman–Crippen LogP) is 5.97. The summed E-state index contributed by atoms with van der Waals surface area (Å²) in [5.41, 5.74) is 2.69. The van der Waals surface area contributed by atoms with Gasteiger partial charge in [0.1, 0.15) is 14.2 Å². The molecule has 1 rings (SSSR count). The molecule has 0 unspecified atom stereocenters. The van der Waals surface area contributed by atoms with Crippen molar-refractivity contribution in [1.82, 2.24) is 0 Å². The van der Waals surface area contributed by atoms with Gasteiger partial charge in [-0.05, 0) is 37.0 Å². The van der Waals surface area contributed by atoms with Crippen molar-refractivity contribution in [3.8, 4) is 23.8 Å². The van der Waals surface area contributed by atoms with Gasteiger partial charge in [0.25, 0.3) is 0 Å². The molecule has 0 aromatic rings.